The Hall–Kier alpha value is -0.980. The average Bonchev–Trinajstić information content (AvgIpc) is 2.49. The fourth-order valence-electron chi connectivity index (χ4n) is 1.47. The van der Waals surface area contributed by atoms with Crippen molar-refractivity contribution in [2.24, 2.45) is 0 Å². The zero-order chi connectivity index (χ0) is 10.1. The first-order valence-electron chi connectivity index (χ1n) is 4.32. The molecule has 76 valence electrons. The highest BCUT2D eigenvalue weighted by molar-refractivity contribution is 6.28. The number of nitrogens with zero attached hydrogens (tertiary/aromatic N) is 3. The number of hydrogen-bond acceptors (Lipinski definition) is 6. The number of nitrogens with two attached hydrogens (primary N) is 1. The third kappa shape index (κ3) is 1.77. The summed E-state index contributed by atoms with van der Waals surface area (Å²) in [4.78, 5) is 11.8. The van der Waals surface area contributed by atoms with Gasteiger partial charge in [0.25, 0.3) is 0 Å². The van der Waals surface area contributed by atoms with Gasteiger partial charge >= 0.3 is 0 Å². The van der Waals surface area contributed by atoms with Gasteiger partial charge in [0.1, 0.15) is 5.82 Å². The first-order valence-corrected chi connectivity index (χ1v) is 4.70. The van der Waals surface area contributed by atoms with E-state index in [1.165, 1.54) is 0 Å². The molecule has 1 aromatic heterocycles. The summed E-state index contributed by atoms with van der Waals surface area (Å²) >= 11 is 5.69. The Kier molecular flexibility index (Phi) is 2.49. The van der Waals surface area contributed by atoms with Crippen molar-refractivity contribution in [3.63, 3.8) is 0 Å². The quantitative estimate of drug-likeness (QED) is 0.594. The molecule has 2 atom stereocenters. The molecule has 0 spiro atoms. The van der Waals surface area contributed by atoms with Crippen molar-refractivity contribution in [3.8, 4) is 0 Å². The van der Waals surface area contributed by atoms with Gasteiger partial charge in [-0.3, -0.25) is 10.9 Å². The summed E-state index contributed by atoms with van der Waals surface area (Å²) in [6, 6.07) is 0.257. The van der Waals surface area contributed by atoms with E-state index in [-0.39, 0.29) is 23.2 Å². The van der Waals surface area contributed by atoms with Gasteiger partial charge in [-0.1, -0.05) is 0 Å². The van der Waals surface area contributed by atoms with Gasteiger partial charge in [0.15, 0.2) is 0 Å². The Morgan fingerprint density at radius 2 is 2.21 bits per heavy atom. The summed E-state index contributed by atoms with van der Waals surface area (Å²) in [6.07, 6.45) is 0. The van der Waals surface area contributed by atoms with Gasteiger partial charge in [-0.2, -0.15) is 9.97 Å². The molecule has 4 N–H and O–H groups in total. The number of hydrogen-bond donors (Lipinski definition) is 3. The van der Waals surface area contributed by atoms with Crippen molar-refractivity contribution in [2.75, 3.05) is 12.3 Å². The van der Waals surface area contributed by atoms with Crippen LogP contribution < -0.4 is 16.6 Å². The molecule has 0 amide bonds. The monoisotopic (exact) mass is 214 g/mol. The minimum atomic E-state index is 0.145. The SMILES string of the molecule is CC1NNCC1c1nc(N)nc(Cl)n1. The lowest BCUT2D eigenvalue weighted by Crippen LogP contribution is -2.28. The van der Waals surface area contributed by atoms with E-state index in [1.807, 2.05) is 6.92 Å². The van der Waals surface area contributed by atoms with Crippen molar-refractivity contribution in [1.82, 2.24) is 25.8 Å². The highest BCUT2D eigenvalue weighted by atomic mass is 35.5. The van der Waals surface area contributed by atoms with Crippen molar-refractivity contribution in [1.29, 1.82) is 0 Å². The Morgan fingerprint density at radius 1 is 1.43 bits per heavy atom. The van der Waals surface area contributed by atoms with Crippen LogP contribution in [0.1, 0.15) is 18.7 Å². The van der Waals surface area contributed by atoms with E-state index in [0.29, 0.717) is 5.82 Å². The van der Waals surface area contributed by atoms with Crippen molar-refractivity contribution in [3.05, 3.63) is 11.1 Å². The maximum atomic E-state index is 5.69. The van der Waals surface area contributed by atoms with E-state index in [9.17, 15) is 0 Å². The molecular weight excluding hydrogens is 204 g/mol. The molecule has 2 rings (SSSR count). The van der Waals surface area contributed by atoms with E-state index < -0.39 is 0 Å². The average molecular weight is 215 g/mol. The first kappa shape index (κ1) is 9.57. The molecule has 1 fully saturated rings. The predicted octanol–water partition coefficient (Wildman–Crippen LogP) is -0.313. The van der Waals surface area contributed by atoms with Gasteiger partial charge in [0, 0.05) is 18.5 Å². The smallest absolute Gasteiger partial charge is 0.227 e. The van der Waals surface area contributed by atoms with Crippen LogP contribution in [0.2, 0.25) is 5.28 Å². The summed E-state index contributed by atoms with van der Waals surface area (Å²) in [5, 5.41) is 0.145. The summed E-state index contributed by atoms with van der Waals surface area (Å²) in [5.41, 5.74) is 11.6. The van der Waals surface area contributed by atoms with Crippen LogP contribution in [0.15, 0.2) is 0 Å². The maximum absolute atomic E-state index is 5.69. The van der Waals surface area contributed by atoms with Gasteiger partial charge in [-0.15, -0.1) is 0 Å². The fraction of sp³-hybridized carbons (Fsp3) is 0.571. The Balaban J connectivity index is 2.31. The highest BCUT2D eigenvalue weighted by Gasteiger charge is 2.27. The van der Waals surface area contributed by atoms with Crippen LogP contribution in [0.4, 0.5) is 5.95 Å². The largest absolute Gasteiger partial charge is 0.368 e. The molecule has 7 heteroatoms. The van der Waals surface area contributed by atoms with Crippen molar-refractivity contribution in [2.45, 2.75) is 18.9 Å². The third-order valence-electron chi connectivity index (χ3n) is 2.23. The molecule has 2 unspecified atom stereocenters. The predicted molar refractivity (Wildman–Crippen MR) is 52.6 cm³/mol. The molecule has 1 saturated heterocycles. The molecule has 14 heavy (non-hydrogen) atoms. The second-order valence-corrected chi connectivity index (χ2v) is 3.58. The fourth-order valence-corrected chi connectivity index (χ4v) is 1.64. The summed E-state index contributed by atoms with van der Waals surface area (Å²) in [5.74, 6) is 0.976. The minimum absolute atomic E-state index is 0.145. The van der Waals surface area contributed by atoms with Crippen LogP contribution >= 0.6 is 11.6 Å². The van der Waals surface area contributed by atoms with Gasteiger partial charge < -0.3 is 5.73 Å². The lowest BCUT2D eigenvalue weighted by atomic mass is 10.0. The molecule has 0 bridgehead atoms. The topological polar surface area (TPSA) is 88.8 Å². The van der Waals surface area contributed by atoms with Gasteiger partial charge in [-0.25, -0.2) is 4.98 Å². The van der Waals surface area contributed by atoms with Crippen LogP contribution in [0, 0.1) is 0 Å². The van der Waals surface area contributed by atoms with Crippen LogP contribution in [0.3, 0.4) is 0 Å². The first-order chi connectivity index (χ1) is 6.66. The van der Waals surface area contributed by atoms with E-state index in [0.717, 1.165) is 6.54 Å². The van der Waals surface area contributed by atoms with Gasteiger partial charge in [-0.05, 0) is 18.5 Å². The zero-order valence-electron chi connectivity index (χ0n) is 7.66. The molecule has 2 heterocycles. The van der Waals surface area contributed by atoms with E-state index in [2.05, 4.69) is 25.8 Å². The van der Waals surface area contributed by atoms with Crippen molar-refractivity contribution >= 4 is 17.5 Å². The Morgan fingerprint density at radius 3 is 2.79 bits per heavy atom. The summed E-state index contributed by atoms with van der Waals surface area (Å²) < 4.78 is 0. The van der Waals surface area contributed by atoms with E-state index >= 15 is 0 Å². The number of anilines is 1. The summed E-state index contributed by atoms with van der Waals surface area (Å²) in [7, 11) is 0. The lowest BCUT2D eigenvalue weighted by molar-refractivity contribution is 0.556. The minimum Gasteiger partial charge on any atom is -0.368 e. The van der Waals surface area contributed by atoms with E-state index in [1.54, 1.807) is 0 Å². The number of halogens is 1. The highest BCUT2D eigenvalue weighted by Crippen LogP contribution is 2.19. The molecule has 6 nitrogen and oxygen atoms in total. The number of nitrogens with one attached hydrogen (secondary N) is 2. The van der Waals surface area contributed by atoms with Crippen LogP contribution in [0.25, 0.3) is 0 Å². The molecular formula is C7H11ClN6. The number of rotatable bonds is 1. The second kappa shape index (κ2) is 3.64. The van der Waals surface area contributed by atoms with Crippen LogP contribution in [0.5, 0.6) is 0 Å². The second-order valence-electron chi connectivity index (χ2n) is 3.24. The maximum Gasteiger partial charge on any atom is 0.227 e. The number of aromatic nitrogens is 3. The lowest BCUT2D eigenvalue weighted by Gasteiger charge is -2.11. The van der Waals surface area contributed by atoms with Crippen LogP contribution in [-0.4, -0.2) is 27.5 Å². The molecule has 1 aromatic rings. The molecule has 0 aliphatic carbocycles. The van der Waals surface area contributed by atoms with E-state index in [4.69, 9.17) is 17.3 Å². The zero-order valence-corrected chi connectivity index (χ0v) is 8.41. The normalized spacial score (nSPS) is 26.7. The van der Waals surface area contributed by atoms with Crippen LogP contribution in [-0.2, 0) is 0 Å². The third-order valence-corrected chi connectivity index (χ3v) is 2.40. The Bertz CT molecular complexity index is 323. The van der Waals surface area contributed by atoms with Gasteiger partial charge in [0.05, 0.1) is 0 Å². The van der Waals surface area contributed by atoms with Gasteiger partial charge in [0.2, 0.25) is 11.2 Å². The number of nitrogen functional groups attached to an aromatic ring is 1. The molecule has 0 aromatic carbocycles. The molecule has 1 aliphatic rings. The van der Waals surface area contributed by atoms with Crippen molar-refractivity contribution < 1.29 is 0 Å². The number of hydrazine groups is 1. The summed E-state index contributed by atoms with van der Waals surface area (Å²) in [6.45, 7) is 2.81. The molecule has 1 aliphatic heterocycles. The molecule has 0 saturated carbocycles. The standard InChI is InChI=1S/C7H11ClN6/c1-3-4(2-10-14-3)5-11-6(8)13-7(9)12-5/h3-4,10,14H,2H2,1H3,(H2,9,11,12,13). The molecule has 0 radical (unpaired) electrons. The Labute approximate surface area is 86.3 Å².